The van der Waals surface area contributed by atoms with E-state index in [0.29, 0.717) is 0 Å². The highest BCUT2D eigenvalue weighted by molar-refractivity contribution is 9.11. The smallest absolute Gasteiger partial charge is 0.230 e. The molecule has 0 fully saturated rings. The molecule has 3 nitrogen and oxygen atoms in total. The second-order valence-electron chi connectivity index (χ2n) is 3.73. The van der Waals surface area contributed by atoms with E-state index in [1.54, 1.807) is 16.2 Å². The molecule has 1 heterocycles. The summed E-state index contributed by atoms with van der Waals surface area (Å²) in [6, 6.07) is 3.99. The molecule has 1 amide bonds. The summed E-state index contributed by atoms with van der Waals surface area (Å²) < 4.78 is 1.07. The van der Waals surface area contributed by atoms with E-state index in [9.17, 15) is 4.79 Å². The van der Waals surface area contributed by atoms with Gasteiger partial charge in [-0.3, -0.25) is 4.79 Å². The summed E-state index contributed by atoms with van der Waals surface area (Å²) >= 11 is 5.03. The number of nitrogens with zero attached hydrogens (tertiary/aromatic N) is 1. The minimum atomic E-state index is -0.0573. The van der Waals surface area contributed by atoms with Crippen molar-refractivity contribution in [3.8, 4) is 0 Å². The molecule has 16 heavy (non-hydrogen) atoms. The van der Waals surface area contributed by atoms with Crippen LogP contribution in [-0.4, -0.2) is 38.0 Å². The lowest BCUT2D eigenvalue weighted by atomic mass is 10.1. The van der Waals surface area contributed by atoms with Crippen LogP contribution >= 0.6 is 27.3 Å². The van der Waals surface area contributed by atoms with Gasteiger partial charge >= 0.3 is 0 Å². The normalized spacial score (nSPS) is 12.5. The second-order valence-corrected chi connectivity index (χ2v) is 6.22. The van der Waals surface area contributed by atoms with Crippen LogP contribution in [0.3, 0.4) is 0 Å². The molecule has 5 heteroatoms. The SMILES string of the molecule is CNCCN(C)C(=O)C(C)c1ccc(Br)s1. The largest absolute Gasteiger partial charge is 0.344 e. The average Bonchev–Trinajstić information content (AvgIpc) is 2.70. The van der Waals surface area contributed by atoms with Gasteiger partial charge in [0.15, 0.2) is 0 Å². The number of carbonyl (C=O) groups is 1. The van der Waals surface area contributed by atoms with Crippen LogP contribution in [0.15, 0.2) is 15.9 Å². The van der Waals surface area contributed by atoms with Crippen molar-refractivity contribution in [1.82, 2.24) is 10.2 Å². The van der Waals surface area contributed by atoms with Crippen molar-refractivity contribution in [1.29, 1.82) is 0 Å². The molecule has 1 aromatic heterocycles. The average molecular weight is 305 g/mol. The molecule has 0 bridgehead atoms. The van der Waals surface area contributed by atoms with E-state index in [0.717, 1.165) is 21.8 Å². The fourth-order valence-electron chi connectivity index (χ4n) is 1.40. The van der Waals surface area contributed by atoms with E-state index >= 15 is 0 Å². The van der Waals surface area contributed by atoms with Crippen LogP contribution in [0.5, 0.6) is 0 Å². The third kappa shape index (κ3) is 3.57. The van der Waals surface area contributed by atoms with Gasteiger partial charge in [0.05, 0.1) is 9.70 Å². The monoisotopic (exact) mass is 304 g/mol. The van der Waals surface area contributed by atoms with Gasteiger partial charge in [0, 0.05) is 25.0 Å². The molecule has 0 saturated carbocycles. The first kappa shape index (κ1) is 13.7. The van der Waals surface area contributed by atoms with Crippen LogP contribution < -0.4 is 5.32 Å². The van der Waals surface area contributed by atoms with Crippen molar-refractivity contribution in [3.05, 3.63) is 20.8 Å². The Morgan fingerprint density at radius 2 is 2.31 bits per heavy atom. The highest BCUT2D eigenvalue weighted by Gasteiger charge is 2.20. The first-order valence-electron chi connectivity index (χ1n) is 5.21. The minimum absolute atomic E-state index is 0.0573. The third-order valence-electron chi connectivity index (χ3n) is 2.46. The number of carbonyl (C=O) groups excluding carboxylic acids is 1. The molecule has 0 spiro atoms. The maximum Gasteiger partial charge on any atom is 0.230 e. The summed E-state index contributed by atoms with van der Waals surface area (Å²) in [6.45, 7) is 3.52. The molecule has 1 rings (SSSR count). The molecule has 1 N–H and O–H groups in total. The fraction of sp³-hybridized carbons (Fsp3) is 0.545. The Balaban J connectivity index is 2.59. The van der Waals surface area contributed by atoms with E-state index < -0.39 is 0 Å². The summed E-state index contributed by atoms with van der Waals surface area (Å²) in [7, 11) is 3.73. The lowest BCUT2D eigenvalue weighted by Gasteiger charge is -2.20. The minimum Gasteiger partial charge on any atom is -0.344 e. The van der Waals surface area contributed by atoms with E-state index in [-0.39, 0.29) is 11.8 Å². The highest BCUT2D eigenvalue weighted by Crippen LogP contribution is 2.29. The van der Waals surface area contributed by atoms with Gasteiger partial charge in [0.2, 0.25) is 5.91 Å². The van der Waals surface area contributed by atoms with Gasteiger partial charge in [-0.05, 0) is 42.0 Å². The van der Waals surface area contributed by atoms with Gasteiger partial charge in [-0.25, -0.2) is 0 Å². The Bertz CT molecular complexity index is 354. The van der Waals surface area contributed by atoms with E-state index in [4.69, 9.17) is 0 Å². The molecule has 0 aliphatic rings. The molecule has 0 saturated heterocycles. The molecule has 1 atom stereocenters. The summed E-state index contributed by atoms with van der Waals surface area (Å²) in [4.78, 5) is 14.9. The molecule has 0 aliphatic heterocycles. The Kier molecular flexibility index (Phi) is 5.44. The predicted octanol–water partition coefficient (Wildman–Crippen LogP) is 2.29. The zero-order valence-electron chi connectivity index (χ0n) is 9.79. The molecular formula is C11H17BrN2OS. The van der Waals surface area contributed by atoms with Gasteiger partial charge in [-0.2, -0.15) is 0 Å². The van der Waals surface area contributed by atoms with Crippen LogP contribution in [0, 0.1) is 0 Å². The van der Waals surface area contributed by atoms with Gasteiger partial charge in [-0.1, -0.05) is 0 Å². The van der Waals surface area contributed by atoms with Crippen molar-refractivity contribution < 1.29 is 4.79 Å². The van der Waals surface area contributed by atoms with Crippen LogP contribution in [0.2, 0.25) is 0 Å². The van der Waals surface area contributed by atoms with E-state index in [1.165, 1.54) is 0 Å². The van der Waals surface area contributed by atoms with Crippen molar-refractivity contribution in [3.63, 3.8) is 0 Å². The maximum atomic E-state index is 12.0. The van der Waals surface area contributed by atoms with Gasteiger partial charge in [0.1, 0.15) is 0 Å². The van der Waals surface area contributed by atoms with Crippen molar-refractivity contribution in [2.24, 2.45) is 0 Å². The number of amides is 1. The summed E-state index contributed by atoms with van der Waals surface area (Å²) in [5, 5.41) is 3.04. The molecule has 1 unspecified atom stereocenters. The summed E-state index contributed by atoms with van der Waals surface area (Å²) in [5.41, 5.74) is 0. The maximum absolute atomic E-state index is 12.0. The first-order chi connectivity index (χ1) is 7.56. The summed E-state index contributed by atoms with van der Waals surface area (Å²) in [5.74, 6) is 0.114. The number of nitrogens with one attached hydrogen (secondary N) is 1. The Morgan fingerprint density at radius 3 is 2.81 bits per heavy atom. The van der Waals surface area contributed by atoms with Crippen LogP contribution in [0.25, 0.3) is 0 Å². The molecule has 0 aromatic carbocycles. The predicted molar refractivity (Wildman–Crippen MR) is 72.0 cm³/mol. The van der Waals surface area contributed by atoms with Crippen molar-refractivity contribution in [2.45, 2.75) is 12.8 Å². The standard InChI is InChI=1S/C11H17BrN2OS/c1-8(9-4-5-10(12)16-9)11(15)14(3)7-6-13-2/h4-5,8,13H,6-7H2,1-3H3. The second kappa shape index (κ2) is 6.37. The van der Waals surface area contributed by atoms with Crippen LogP contribution in [-0.2, 0) is 4.79 Å². The topological polar surface area (TPSA) is 32.3 Å². The quantitative estimate of drug-likeness (QED) is 0.905. The zero-order chi connectivity index (χ0) is 12.1. The molecule has 0 radical (unpaired) electrons. The van der Waals surface area contributed by atoms with E-state index in [1.807, 2.05) is 33.2 Å². The lowest BCUT2D eigenvalue weighted by molar-refractivity contribution is -0.131. The number of likely N-dealkylation sites (N-methyl/N-ethyl adjacent to an activating group) is 2. The Morgan fingerprint density at radius 1 is 1.62 bits per heavy atom. The number of thiophene rings is 1. The van der Waals surface area contributed by atoms with Crippen molar-refractivity contribution >= 4 is 33.2 Å². The molecule has 0 aliphatic carbocycles. The molecule has 90 valence electrons. The number of hydrogen-bond donors (Lipinski definition) is 1. The van der Waals surface area contributed by atoms with Gasteiger partial charge < -0.3 is 10.2 Å². The Labute approximate surface area is 109 Å². The van der Waals surface area contributed by atoms with Gasteiger partial charge in [0.25, 0.3) is 0 Å². The Hall–Kier alpha value is -0.390. The zero-order valence-corrected chi connectivity index (χ0v) is 12.2. The molecular weight excluding hydrogens is 288 g/mol. The number of rotatable bonds is 5. The lowest BCUT2D eigenvalue weighted by Crippen LogP contribution is -2.35. The van der Waals surface area contributed by atoms with Crippen molar-refractivity contribution in [2.75, 3.05) is 27.2 Å². The highest BCUT2D eigenvalue weighted by atomic mass is 79.9. The van der Waals surface area contributed by atoms with Gasteiger partial charge in [-0.15, -0.1) is 11.3 Å². The summed E-state index contributed by atoms with van der Waals surface area (Å²) in [6.07, 6.45) is 0. The molecule has 1 aromatic rings. The van der Waals surface area contributed by atoms with Crippen LogP contribution in [0.1, 0.15) is 17.7 Å². The third-order valence-corrected chi connectivity index (χ3v) is 4.27. The van der Waals surface area contributed by atoms with Crippen LogP contribution in [0.4, 0.5) is 0 Å². The van der Waals surface area contributed by atoms with E-state index in [2.05, 4.69) is 21.2 Å². The first-order valence-corrected chi connectivity index (χ1v) is 6.82. The number of hydrogen-bond acceptors (Lipinski definition) is 3. The fourth-order valence-corrected chi connectivity index (χ4v) is 2.87. The number of halogens is 1.